The zero-order valence-electron chi connectivity index (χ0n) is 18.6. The average Bonchev–Trinajstić information content (AvgIpc) is 3.36. The molecule has 3 aromatic carbocycles. The summed E-state index contributed by atoms with van der Waals surface area (Å²) in [6.45, 7) is 0.403. The number of esters is 1. The van der Waals surface area contributed by atoms with E-state index in [1.807, 2.05) is 55.6 Å². The number of thioether (sulfide) groups is 2. The summed E-state index contributed by atoms with van der Waals surface area (Å²) < 4.78 is 4.83. The molecule has 0 N–H and O–H groups in total. The molecule has 0 unspecified atom stereocenters. The van der Waals surface area contributed by atoms with Crippen LogP contribution in [0.2, 0.25) is 0 Å². The van der Waals surface area contributed by atoms with Gasteiger partial charge in [-0.2, -0.15) is 0 Å². The third-order valence-electron chi connectivity index (χ3n) is 5.47. The number of carbonyl (C=O) groups excluding carboxylic acids is 2. The van der Waals surface area contributed by atoms with Crippen molar-refractivity contribution in [3.8, 4) is 0 Å². The minimum atomic E-state index is -0.428. The zero-order chi connectivity index (χ0) is 23.7. The van der Waals surface area contributed by atoms with Crippen LogP contribution in [0.15, 0.2) is 98.7 Å². The van der Waals surface area contributed by atoms with E-state index in [9.17, 15) is 9.59 Å². The topological polar surface area (TPSA) is 62.2 Å². The van der Waals surface area contributed by atoms with E-state index in [2.05, 4.69) is 17.0 Å². The number of amidine groups is 1. The van der Waals surface area contributed by atoms with Gasteiger partial charge in [-0.15, -0.1) is 0 Å². The molecule has 0 aromatic heterocycles. The largest absolute Gasteiger partial charge is 0.465 e. The molecule has 1 fully saturated rings. The molecule has 34 heavy (non-hydrogen) atoms. The maximum absolute atomic E-state index is 13.7. The fourth-order valence-electron chi connectivity index (χ4n) is 3.76. The first-order valence-corrected chi connectivity index (χ1v) is 12.2. The van der Waals surface area contributed by atoms with Crippen molar-refractivity contribution in [2.45, 2.75) is 11.4 Å². The Kier molecular flexibility index (Phi) is 6.17. The Morgan fingerprint density at radius 2 is 1.74 bits per heavy atom. The number of nitrogens with zero attached hydrogens (tertiary/aromatic N) is 3. The van der Waals surface area contributed by atoms with E-state index in [4.69, 9.17) is 9.73 Å². The van der Waals surface area contributed by atoms with E-state index >= 15 is 0 Å². The molecule has 0 radical (unpaired) electrons. The van der Waals surface area contributed by atoms with Crippen LogP contribution in [0.1, 0.15) is 15.9 Å². The van der Waals surface area contributed by atoms with Crippen LogP contribution in [0.4, 0.5) is 11.4 Å². The van der Waals surface area contributed by atoms with Crippen molar-refractivity contribution < 1.29 is 14.3 Å². The van der Waals surface area contributed by atoms with Gasteiger partial charge < -0.3 is 9.64 Å². The first-order chi connectivity index (χ1) is 16.5. The van der Waals surface area contributed by atoms with Gasteiger partial charge in [-0.1, -0.05) is 60.3 Å². The summed E-state index contributed by atoms with van der Waals surface area (Å²) in [6.07, 6.45) is 0. The molecular formula is C26H21N3O3S2. The molecule has 2 aliphatic heterocycles. The van der Waals surface area contributed by atoms with E-state index in [0.717, 1.165) is 21.2 Å². The Bertz CT molecular complexity index is 1340. The van der Waals surface area contributed by atoms with Crippen LogP contribution >= 0.6 is 23.5 Å². The molecule has 3 aromatic rings. The molecule has 0 atom stereocenters. The van der Waals surface area contributed by atoms with Crippen LogP contribution < -0.4 is 4.90 Å². The maximum atomic E-state index is 13.7. The van der Waals surface area contributed by atoms with Crippen molar-refractivity contribution in [3.05, 3.63) is 99.9 Å². The van der Waals surface area contributed by atoms with Gasteiger partial charge in [0.1, 0.15) is 4.91 Å². The van der Waals surface area contributed by atoms with Gasteiger partial charge in [0, 0.05) is 11.9 Å². The molecule has 0 aliphatic carbocycles. The number of rotatable bonds is 4. The Balaban J connectivity index is 1.55. The van der Waals surface area contributed by atoms with Crippen LogP contribution in [-0.2, 0) is 16.1 Å². The van der Waals surface area contributed by atoms with Crippen LogP contribution in [0.3, 0.4) is 0 Å². The smallest absolute Gasteiger partial charge is 0.337 e. The van der Waals surface area contributed by atoms with Crippen LogP contribution in [-0.4, -0.2) is 36.1 Å². The second kappa shape index (κ2) is 9.40. The number of para-hydroxylation sites is 1. The van der Waals surface area contributed by atoms with Gasteiger partial charge in [0.05, 0.1) is 35.6 Å². The molecule has 0 saturated carbocycles. The summed E-state index contributed by atoms with van der Waals surface area (Å²) in [6, 6.07) is 24.9. The van der Waals surface area contributed by atoms with Gasteiger partial charge in [-0.05, 0) is 47.7 Å². The SMILES string of the molecule is COC(=O)c1cccc(N=C2S/C(=C3/Sc4ccccc4N3C)C(=O)N2Cc2ccccc2)c1. The minimum absolute atomic E-state index is 0.0844. The molecule has 0 spiro atoms. The Morgan fingerprint density at radius 1 is 0.971 bits per heavy atom. The first-order valence-electron chi connectivity index (χ1n) is 10.6. The first kappa shape index (κ1) is 22.3. The predicted molar refractivity (Wildman–Crippen MR) is 137 cm³/mol. The number of carbonyl (C=O) groups is 2. The third-order valence-corrected chi connectivity index (χ3v) is 7.90. The van der Waals surface area contributed by atoms with Gasteiger partial charge in [0.15, 0.2) is 5.17 Å². The lowest BCUT2D eigenvalue weighted by Gasteiger charge is -2.17. The van der Waals surface area contributed by atoms with Gasteiger partial charge in [0.25, 0.3) is 5.91 Å². The summed E-state index contributed by atoms with van der Waals surface area (Å²) in [5, 5.41) is 1.46. The van der Waals surface area contributed by atoms with Crippen molar-refractivity contribution in [2.75, 3.05) is 19.1 Å². The molecule has 1 amide bonds. The van der Waals surface area contributed by atoms with Crippen LogP contribution in [0.25, 0.3) is 0 Å². The number of methoxy groups -OCH3 is 1. The summed E-state index contributed by atoms with van der Waals surface area (Å²) in [4.78, 5) is 35.9. The van der Waals surface area contributed by atoms with Crippen molar-refractivity contribution >= 4 is 51.9 Å². The van der Waals surface area contributed by atoms with Crippen molar-refractivity contribution in [1.82, 2.24) is 4.90 Å². The Hall–Kier alpha value is -3.49. The number of fused-ring (bicyclic) bond motifs is 1. The molecule has 0 bridgehead atoms. The highest BCUT2D eigenvalue weighted by Gasteiger charge is 2.39. The highest BCUT2D eigenvalue weighted by molar-refractivity contribution is 8.19. The third kappa shape index (κ3) is 4.22. The fraction of sp³-hybridized carbons (Fsp3) is 0.115. The van der Waals surface area contributed by atoms with Crippen LogP contribution in [0.5, 0.6) is 0 Å². The highest BCUT2D eigenvalue weighted by atomic mass is 32.2. The predicted octanol–water partition coefficient (Wildman–Crippen LogP) is 5.65. The molecule has 8 heteroatoms. The Labute approximate surface area is 206 Å². The minimum Gasteiger partial charge on any atom is -0.465 e. The van der Waals surface area contributed by atoms with Gasteiger partial charge in [-0.25, -0.2) is 9.79 Å². The average molecular weight is 488 g/mol. The standard InChI is InChI=1S/C26H21N3O3S2/c1-28-20-13-6-7-14-21(20)33-24(28)22-23(30)29(16-17-9-4-3-5-10-17)26(34-22)27-19-12-8-11-18(15-19)25(31)32-2/h3-15H,16H2,1-2H3/b24-22+,27-26?. The van der Waals surface area contributed by atoms with E-state index in [0.29, 0.717) is 27.9 Å². The summed E-state index contributed by atoms with van der Waals surface area (Å²) in [5.74, 6) is -0.512. The summed E-state index contributed by atoms with van der Waals surface area (Å²) >= 11 is 2.95. The molecule has 5 rings (SSSR count). The van der Waals surface area contributed by atoms with Crippen molar-refractivity contribution in [3.63, 3.8) is 0 Å². The van der Waals surface area contributed by atoms with Gasteiger partial charge in [0.2, 0.25) is 0 Å². The monoisotopic (exact) mass is 487 g/mol. The number of amides is 1. The number of hydrogen-bond acceptors (Lipinski definition) is 7. The lowest BCUT2D eigenvalue weighted by molar-refractivity contribution is -0.122. The lowest BCUT2D eigenvalue weighted by atomic mass is 10.2. The van der Waals surface area contributed by atoms with E-state index in [1.54, 1.807) is 34.9 Å². The van der Waals surface area contributed by atoms with E-state index < -0.39 is 5.97 Å². The van der Waals surface area contributed by atoms with Gasteiger partial charge >= 0.3 is 5.97 Å². The second-order valence-corrected chi connectivity index (χ2v) is 9.69. The fourth-order valence-corrected chi connectivity index (χ4v) is 6.10. The Morgan fingerprint density at radius 3 is 2.50 bits per heavy atom. The van der Waals surface area contributed by atoms with Crippen molar-refractivity contribution in [1.29, 1.82) is 0 Å². The zero-order valence-corrected chi connectivity index (χ0v) is 20.2. The normalized spacial score (nSPS) is 18.5. The molecule has 170 valence electrons. The molecule has 2 heterocycles. The second-order valence-electron chi connectivity index (χ2n) is 7.68. The number of ether oxygens (including phenoxy) is 1. The number of hydrogen-bond donors (Lipinski definition) is 0. The highest BCUT2D eigenvalue weighted by Crippen LogP contribution is 2.50. The molecular weight excluding hydrogens is 466 g/mol. The molecule has 6 nitrogen and oxygen atoms in total. The number of aliphatic imine (C=N–C) groups is 1. The van der Waals surface area contributed by atoms with Crippen LogP contribution in [0, 0.1) is 0 Å². The lowest BCUT2D eigenvalue weighted by Crippen LogP contribution is -2.29. The van der Waals surface area contributed by atoms with E-state index in [-0.39, 0.29) is 5.91 Å². The molecule has 2 aliphatic rings. The quantitative estimate of drug-likeness (QED) is 0.350. The van der Waals surface area contributed by atoms with E-state index in [1.165, 1.54) is 18.9 Å². The van der Waals surface area contributed by atoms with Gasteiger partial charge in [-0.3, -0.25) is 9.69 Å². The summed E-state index contributed by atoms with van der Waals surface area (Å²) in [7, 11) is 3.33. The number of benzene rings is 3. The molecule has 1 saturated heterocycles. The van der Waals surface area contributed by atoms with Crippen molar-refractivity contribution in [2.24, 2.45) is 4.99 Å². The summed E-state index contributed by atoms with van der Waals surface area (Å²) in [5.41, 5.74) is 3.08. The maximum Gasteiger partial charge on any atom is 0.337 e. The number of anilines is 1.